The number of esters is 1. The largest absolute Gasteiger partial charge is 0.456 e. The van der Waals surface area contributed by atoms with Crippen LogP contribution in [0.3, 0.4) is 0 Å². The van der Waals surface area contributed by atoms with Crippen molar-refractivity contribution in [3.63, 3.8) is 0 Å². The van der Waals surface area contributed by atoms with Gasteiger partial charge in [-0.25, -0.2) is 0 Å². The lowest BCUT2D eigenvalue weighted by Gasteiger charge is -2.10. The maximum Gasteiger partial charge on any atom is 0.306 e. The van der Waals surface area contributed by atoms with Gasteiger partial charge in [0.2, 0.25) is 5.91 Å². The second-order valence-electron chi connectivity index (χ2n) is 6.40. The molecule has 2 aromatic rings. The lowest BCUT2D eigenvalue weighted by atomic mass is 10.1. The number of ketones is 1. The van der Waals surface area contributed by atoms with Crippen LogP contribution in [0.25, 0.3) is 0 Å². The Kier molecular flexibility index (Phi) is 8.09. The third-order valence-electron chi connectivity index (χ3n) is 4.17. The molecule has 0 unspecified atom stereocenters. The maximum absolute atomic E-state index is 12.0. The fourth-order valence-corrected chi connectivity index (χ4v) is 2.58. The predicted octanol–water partition coefficient (Wildman–Crippen LogP) is 3.35. The number of carbonyl (C=O) groups is 4. The molecule has 7 nitrogen and oxygen atoms in total. The average molecular weight is 396 g/mol. The van der Waals surface area contributed by atoms with Gasteiger partial charge < -0.3 is 15.4 Å². The van der Waals surface area contributed by atoms with Crippen LogP contribution in [-0.4, -0.2) is 30.2 Å². The molecule has 0 bridgehead atoms. The van der Waals surface area contributed by atoms with Gasteiger partial charge in [0, 0.05) is 23.4 Å². The third kappa shape index (κ3) is 7.21. The fraction of sp³-hybridized carbons (Fsp3) is 0.273. The van der Waals surface area contributed by atoms with Gasteiger partial charge in [-0.2, -0.15) is 0 Å². The summed E-state index contributed by atoms with van der Waals surface area (Å²) in [6.45, 7) is 2.99. The molecule has 0 aromatic heterocycles. The van der Waals surface area contributed by atoms with Crippen LogP contribution >= 0.6 is 0 Å². The second-order valence-corrected chi connectivity index (χ2v) is 6.40. The fourth-order valence-electron chi connectivity index (χ4n) is 2.58. The number of anilines is 2. The molecule has 2 rings (SSSR count). The summed E-state index contributed by atoms with van der Waals surface area (Å²) in [5, 5.41) is 5.34. The molecule has 2 amide bonds. The monoisotopic (exact) mass is 396 g/mol. The molecule has 7 heteroatoms. The van der Waals surface area contributed by atoms with Crippen LogP contribution in [0, 0.1) is 0 Å². The van der Waals surface area contributed by atoms with Crippen molar-refractivity contribution in [3.05, 3.63) is 59.7 Å². The van der Waals surface area contributed by atoms with Crippen LogP contribution in [-0.2, 0) is 25.5 Å². The molecule has 152 valence electrons. The van der Waals surface area contributed by atoms with Crippen molar-refractivity contribution in [1.29, 1.82) is 0 Å². The van der Waals surface area contributed by atoms with Gasteiger partial charge in [0.1, 0.15) is 0 Å². The Labute approximate surface area is 169 Å². The summed E-state index contributed by atoms with van der Waals surface area (Å²) >= 11 is 0. The van der Waals surface area contributed by atoms with Crippen molar-refractivity contribution in [3.8, 4) is 0 Å². The molecule has 0 saturated carbocycles. The number of carbonyl (C=O) groups excluding carboxylic acids is 4. The molecule has 29 heavy (non-hydrogen) atoms. The van der Waals surface area contributed by atoms with Crippen LogP contribution in [0.2, 0.25) is 0 Å². The first kappa shape index (κ1) is 21.8. The van der Waals surface area contributed by atoms with Crippen LogP contribution < -0.4 is 10.6 Å². The molecule has 2 aromatic carbocycles. The number of nitrogens with one attached hydrogen (secondary N) is 2. The van der Waals surface area contributed by atoms with Gasteiger partial charge >= 0.3 is 5.97 Å². The van der Waals surface area contributed by atoms with Gasteiger partial charge in [-0.15, -0.1) is 0 Å². The van der Waals surface area contributed by atoms with E-state index in [0.29, 0.717) is 11.3 Å². The molecular weight excluding hydrogens is 372 g/mol. The number of hydrogen-bond acceptors (Lipinski definition) is 5. The molecule has 0 fully saturated rings. The van der Waals surface area contributed by atoms with E-state index >= 15 is 0 Å². The van der Waals surface area contributed by atoms with Gasteiger partial charge in [0.05, 0.1) is 6.42 Å². The highest BCUT2D eigenvalue weighted by Crippen LogP contribution is 2.16. The summed E-state index contributed by atoms with van der Waals surface area (Å²) in [6, 6.07) is 13.8. The number of amides is 2. The minimum absolute atomic E-state index is 0.0367. The number of Topliss-reactive ketones (excluding diaryl/α,β-unsaturated/α-hetero) is 1. The quantitative estimate of drug-likeness (QED) is 0.500. The van der Waals surface area contributed by atoms with E-state index in [1.54, 1.807) is 24.3 Å². The summed E-state index contributed by atoms with van der Waals surface area (Å²) in [5.41, 5.74) is 2.76. The summed E-state index contributed by atoms with van der Waals surface area (Å²) in [7, 11) is 0. The highest BCUT2D eigenvalue weighted by atomic mass is 16.5. The normalized spacial score (nSPS) is 10.1. The van der Waals surface area contributed by atoms with Gasteiger partial charge in [0.25, 0.3) is 5.91 Å². The SMILES string of the molecule is CCc1ccccc1NC(=O)CCC(=O)OCC(=O)Nc1ccc(C(C)=O)cc1. The van der Waals surface area contributed by atoms with E-state index in [4.69, 9.17) is 4.74 Å². The molecule has 0 aliphatic heterocycles. The van der Waals surface area contributed by atoms with Crippen LogP contribution in [0.1, 0.15) is 42.6 Å². The van der Waals surface area contributed by atoms with E-state index in [9.17, 15) is 19.2 Å². The standard InChI is InChI=1S/C22H24N2O5/c1-3-16-6-4-5-7-19(16)24-20(26)12-13-22(28)29-14-21(27)23-18-10-8-17(9-11-18)15(2)25/h4-11H,3,12-14H2,1-2H3,(H,23,27)(H,24,26). The average Bonchev–Trinajstić information content (AvgIpc) is 2.71. The topological polar surface area (TPSA) is 102 Å². The van der Waals surface area contributed by atoms with Crippen molar-refractivity contribution in [1.82, 2.24) is 0 Å². The van der Waals surface area contributed by atoms with E-state index in [-0.39, 0.29) is 24.5 Å². The molecule has 0 saturated heterocycles. The first-order valence-electron chi connectivity index (χ1n) is 9.33. The Hall–Kier alpha value is -3.48. The van der Waals surface area contributed by atoms with Gasteiger partial charge in [-0.1, -0.05) is 25.1 Å². The second kappa shape index (κ2) is 10.8. The highest BCUT2D eigenvalue weighted by Gasteiger charge is 2.12. The number of aryl methyl sites for hydroxylation is 1. The Morgan fingerprint density at radius 2 is 1.55 bits per heavy atom. The van der Waals surface area contributed by atoms with Crippen molar-refractivity contribution in [2.45, 2.75) is 33.1 Å². The minimum atomic E-state index is -0.633. The Morgan fingerprint density at radius 1 is 0.862 bits per heavy atom. The van der Waals surface area contributed by atoms with E-state index in [0.717, 1.165) is 17.7 Å². The van der Waals surface area contributed by atoms with Gasteiger partial charge in [-0.05, 0) is 49.2 Å². The molecule has 2 N–H and O–H groups in total. The Balaban J connectivity index is 1.71. The first-order valence-corrected chi connectivity index (χ1v) is 9.33. The number of ether oxygens (including phenoxy) is 1. The molecule has 0 atom stereocenters. The molecule has 0 heterocycles. The lowest BCUT2D eigenvalue weighted by Crippen LogP contribution is -2.22. The molecule has 0 spiro atoms. The highest BCUT2D eigenvalue weighted by molar-refractivity contribution is 5.96. The lowest BCUT2D eigenvalue weighted by molar-refractivity contribution is -0.147. The number of para-hydroxylation sites is 1. The van der Waals surface area contributed by atoms with Crippen LogP contribution in [0.5, 0.6) is 0 Å². The zero-order chi connectivity index (χ0) is 21.2. The zero-order valence-corrected chi connectivity index (χ0v) is 16.5. The Morgan fingerprint density at radius 3 is 2.21 bits per heavy atom. The van der Waals surface area contributed by atoms with E-state index in [1.807, 2.05) is 31.2 Å². The van der Waals surface area contributed by atoms with Gasteiger partial charge in [0.15, 0.2) is 12.4 Å². The van der Waals surface area contributed by atoms with Crippen molar-refractivity contribution >= 4 is 34.9 Å². The van der Waals surface area contributed by atoms with E-state index in [2.05, 4.69) is 10.6 Å². The smallest absolute Gasteiger partial charge is 0.306 e. The number of hydrogen-bond donors (Lipinski definition) is 2. The van der Waals surface area contributed by atoms with E-state index in [1.165, 1.54) is 6.92 Å². The summed E-state index contributed by atoms with van der Waals surface area (Å²) in [4.78, 5) is 46.9. The Bertz CT molecular complexity index is 890. The summed E-state index contributed by atoms with van der Waals surface area (Å²) in [6.07, 6.45) is 0.622. The molecule has 0 aliphatic rings. The molecular formula is C22H24N2O5. The third-order valence-corrected chi connectivity index (χ3v) is 4.17. The number of benzene rings is 2. The van der Waals surface area contributed by atoms with Crippen molar-refractivity contribution in [2.24, 2.45) is 0 Å². The summed E-state index contributed by atoms with van der Waals surface area (Å²) in [5.74, 6) is -1.50. The van der Waals surface area contributed by atoms with Gasteiger partial charge in [-0.3, -0.25) is 19.2 Å². The summed E-state index contributed by atoms with van der Waals surface area (Å²) < 4.78 is 4.90. The molecule has 0 aliphatic carbocycles. The van der Waals surface area contributed by atoms with E-state index < -0.39 is 18.5 Å². The van der Waals surface area contributed by atoms with Crippen LogP contribution in [0.15, 0.2) is 48.5 Å². The molecule has 0 radical (unpaired) electrons. The van der Waals surface area contributed by atoms with Crippen molar-refractivity contribution < 1.29 is 23.9 Å². The zero-order valence-electron chi connectivity index (χ0n) is 16.5. The van der Waals surface area contributed by atoms with Crippen molar-refractivity contribution in [2.75, 3.05) is 17.2 Å². The minimum Gasteiger partial charge on any atom is -0.456 e. The first-order chi connectivity index (χ1) is 13.9. The number of rotatable bonds is 9. The van der Waals surface area contributed by atoms with Crippen LogP contribution in [0.4, 0.5) is 11.4 Å². The maximum atomic E-state index is 12.0. The predicted molar refractivity (Wildman–Crippen MR) is 110 cm³/mol.